The van der Waals surface area contributed by atoms with E-state index < -0.39 is 24.1 Å². The quantitative estimate of drug-likeness (QED) is 0.487. The number of rotatable bonds is 6. The summed E-state index contributed by atoms with van der Waals surface area (Å²) in [6.45, 7) is 0. The van der Waals surface area contributed by atoms with Crippen molar-refractivity contribution in [3.05, 3.63) is 65.7 Å². The third-order valence-electron chi connectivity index (χ3n) is 6.33. The highest BCUT2D eigenvalue weighted by atomic mass is 16.6. The molecular weight excluding hydrogens is 426 g/mol. The minimum atomic E-state index is -1.38. The van der Waals surface area contributed by atoms with Crippen molar-refractivity contribution >= 4 is 11.9 Å². The first-order valence-corrected chi connectivity index (χ1v) is 11.1. The summed E-state index contributed by atoms with van der Waals surface area (Å²) >= 11 is 0. The number of esters is 1. The molecule has 2 bridgehead atoms. The number of aromatic hydroxyl groups is 1. The molecule has 8 nitrogen and oxygen atoms in total. The Hall–Kier alpha value is -2.94. The second-order valence-electron chi connectivity index (χ2n) is 8.62. The van der Waals surface area contributed by atoms with Gasteiger partial charge in [0.1, 0.15) is 11.9 Å². The topological polar surface area (TPSA) is 128 Å². The minimum Gasteiger partial charge on any atom is -0.508 e. The molecule has 2 fully saturated rings. The monoisotopic (exact) mass is 457 g/mol. The van der Waals surface area contributed by atoms with Crippen molar-refractivity contribution in [1.82, 2.24) is 4.90 Å². The molecule has 4 rings (SSSR count). The SMILES string of the molecule is CN1[C@@H]2CC[C@H]1CC(OC(=O)C(O)c1ccccc1)C2.O=C(O)C(O)Cc1ccc(O)cc1. The number of hydrogen-bond acceptors (Lipinski definition) is 7. The van der Waals surface area contributed by atoms with Crippen LogP contribution in [-0.4, -0.2) is 68.6 Å². The first-order chi connectivity index (χ1) is 15.7. The van der Waals surface area contributed by atoms with Crippen molar-refractivity contribution < 1.29 is 34.8 Å². The summed E-state index contributed by atoms with van der Waals surface area (Å²) in [6.07, 6.45) is 1.61. The first kappa shape index (κ1) is 24.7. The summed E-state index contributed by atoms with van der Waals surface area (Å²) in [7, 11) is 2.15. The number of piperidine rings is 1. The zero-order valence-corrected chi connectivity index (χ0v) is 18.6. The van der Waals surface area contributed by atoms with Gasteiger partial charge >= 0.3 is 11.9 Å². The molecule has 0 aromatic heterocycles. The number of carboxylic acids is 1. The third kappa shape index (κ3) is 6.77. The number of benzene rings is 2. The van der Waals surface area contributed by atoms with Crippen LogP contribution < -0.4 is 0 Å². The molecule has 8 heteroatoms. The molecule has 0 amide bonds. The number of phenolic OH excluding ortho intramolecular Hbond substituents is 1. The summed E-state index contributed by atoms with van der Waals surface area (Å²) in [4.78, 5) is 24.7. The number of carbonyl (C=O) groups excluding carboxylic acids is 1. The Labute approximate surface area is 193 Å². The molecule has 2 aromatic rings. The molecule has 2 aromatic carbocycles. The van der Waals surface area contributed by atoms with E-state index in [4.69, 9.17) is 20.1 Å². The van der Waals surface area contributed by atoms with Crippen LogP contribution in [0.5, 0.6) is 5.75 Å². The molecular formula is C25H31NO7. The molecule has 0 saturated carbocycles. The van der Waals surface area contributed by atoms with E-state index in [0.29, 0.717) is 23.2 Å². The average Bonchev–Trinajstić information content (AvgIpc) is 3.01. The largest absolute Gasteiger partial charge is 0.508 e. The summed E-state index contributed by atoms with van der Waals surface area (Å²) < 4.78 is 5.52. The van der Waals surface area contributed by atoms with Crippen LogP contribution in [0.1, 0.15) is 42.9 Å². The van der Waals surface area contributed by atoms with Crippen LogP contribution >= 0.6 is 0 Å². The lowest BCUT2D eigenvalue weighted by Gasteiger charge is -2.36. The molecule has 0 spiro atoms. The summed E-state index contributed by atoms with van der Waals surface area (Å²) in [5, 5.41) is 36.3. The Morgan fingerprint density at radius 2 is 1.58 bits per heavy atom. The highest BCUT2D eigenvalue weighted by Crippen LogP contribution is 2.35. The van der Waals surface area contributed by atoms with Crippen molar-refractivity contribution in [3.63, 3.8) is 0 Å². The summed E-state index contributed by atoms with van der Waals surface area (Å²) in [5.41, 5.74) is 1.26. The Kier molecular flexibility index (Phi) is 8.43. The molecule has 4 N–H and O–H groups in total. The van der Waals surface area contributed by atoms with Crippen molar-refractivity contribution in [1.29, 1.82) is 0 Å². The van der Waals surface area contributed by atoms with Gasteiger partial charge in [0, 0.05) is 18.5 Å². The predicted molar refractivity (Wildman–Crippen MR) is 121 cm³/mol. The number of ether oxygens (including phenoxy) is 1. The van der Waals surface area contributed by atoms with Gasteiger partial charge < -0.3 is 30.1 Å². The second-order valence-corrected chi connectivity index (χ2v) is 8.62. The fraction of sp³-hybridized carbons (Fsp3) is 0.440. The van der Waals surface area contributed by atoms with E-state index in [1.165, 1.54) is 25.0 Å². The van der Waals surface area contributed by atoms with Crippen LogP contribution in [0.4, 0.5) is 0 Å². The standard InChI is InChI=1S/C16H21NO3.C9H10O4/c1-17-12-7-8-13(17)10-14(9-12)20-16(19)15(18)11-5-3-2-4-6-11;10-7-3-1-6(2-4-7)5-8(11)9(12)13/h2-6,12-15,18H,7-10H2,1H3;1-4,8,10-11H,5H2,(H,12,13)/t12-,13+,14?,15?;. The lowest BCUT2D eigenvalue weighted by molar-refractivity contribution is -0.162. The maximum Gasteiger partial charge on any atom is 0.339 e. The van der Waals surface area contributed by atoms with Gasteiger partial charge in [0.2, 0.25) is 0 Å². The van der Waals surface area contributed by atoms with Crippen LogP contribution in [0.15, 0.2) is 54.6 Å². The molecule has 2 aliphatic heterocycles. The Morgan fingerprint density at radius 1 is 1.00 bits per heavy atom. The number of carboxylic acid groups (broad SMARTS) is 1. The van der Waals surface area contributed by atoms with E-state index in [1.54, 1.807) is 24.3 Å². The molecule has 2 heterocycles. The normalized spacial score (nSPS) is 23.7. The minimum absolute atomic E-state index is 0.0467. The predicted octanol–water partition coefficient (Wildman–Crippen LogP) is 2.27. The number of phenols is 1. The Bertz CT molecular complexity index is 904. The molecule has 0 aliphatic carbocycles. The van der Waals surface area contributed by atoms with Gasteiger partial charge in [0.25, 0.3) is 0 Å². The van der Waals surface area contributed by atoms with Crippen molar-refractivity contribution in [2.75, 3.05) is 7.05 Å². The summed E-state index contributed by atoms with van der Waals surface area (Å²) in [6, 6.07) is 16.0. The molecule has 33 heavy (non-hydrogen) atoms. The van der Waals surface area contributed by atoms with Gasteiger partial charge in [-0.1, -0.05) is 42.5 Å². The molecule has 2 saturated heterocycles. The number of carbonyl (C=O) groups is 2. The maximum absolute atomic E-state index is 12.0. The van der Waals surface area contributed by atoms with Crippen molar-refractivity contribution in [2.24, 2.45) is 0 Å². The zero-order valence-electron chi connectivity index (χ0n) is 18.6. The average molecular weight is 458 g/mol. The number of aliphatic carboxylic acids is 1. The van der Waals surface area contributed by atoms with Gasteiger partial charge in [-0.3, -0.25) is 0 Å². The van der Waals surface area contributed by atoms with E-state index in [9.17, 15) is 14.7 Å². The van der Waals surface area contributed by atoms with Crippen LogP contribution in [0, 0.1) is 0 Å². The molecule has 0 radical (unpaired) electrons. The van der Waals surface area contributed by atoms with Crippen molar-refractivity contribution in [3.8, 4) is 5.75 Å². The van der Waals surface area contributed by atoms with Gasteiger partial charge in [-0.2, -0.15) is 0 Å². The first-order valence-electron chi connectivity index (χ1n) is 11.1. The fourth-order valence-corrected chi connectivity index (χ4v) is 4.40. The van der Waals surface area contributed by atoms with Gasteiger partial charge in [0.15, 0.2) is 12.2 Å². The smallest absolute Gasteiger partial charge is 0.339 e. The lowest BCUT2D eigenvalue weighted by Crippen LogP contribution is -2.43. The lowest BCUT2D eigenvalue weighted by atomic mass is 10.0. The van der Waals surface area contributed by atoms with Gasteiger partial charge in [-0.25, -0.2) is 9.59 Å². The fourth-order valence-electron chi connectivity index (χ4n) is 4.40. The number of aliphatic hydroxyl groups is 2. The molecule has 2 aliphatic rings. The Balaban J connectivity index is 0.000000205. The number of nitrogens with zero attached hydrogens (tertiary/aromatic N) is 1. The van der Waals surface area contributed by atoms with Gasteiger partial charge in [-0.15, -0.1) is 0 Å². The van der Waals surface area contributed by atoms with Crippen LogP contribution in [0.2, 0.25) is 0 Å². The van der Waals surface area contributed by atoms with E-state index >= 15 is 0 Å². The van der Waals surface area contributed by atoms with Gasteiger partial charge in [0.05, 0.1) is 0 Å². The maximum atomic E-state index is 12.0. The number of hydrogen-bond donors (Lipinski definition) is 4. The highest BCUT2D eigenvalue weighted by molar-refractivity contribution is 5.76. The van der Waals surface area contributed by atoms with Crippen LogP contribution in [0.3, 0.4) is 0 Å². The molecule has 5 atom stereocenters. The molecule has 3 unspecified atom stereocenters. The highest BCUT2D eigenvalue weighted by Gasteiger charge is 2.40. The van der Waals surface area contributed by atoms with Crippen LogP contribution in [0.25, 0.3) is 0 Å². The number of fused-ring (bicyclic) bond motifs is 2. The van der Waals surface area contributed by atoms with E-state index in [-0.39, 0.29) is 18.3 Å². The third-order valence-corrected chi connectivity index (χ3v) is 6.33. The van der Waals surface area contributed by atoms with E-state index in [2.05, 4.69) is 11.9 Å². The number of aliphatic hydroxyl groups excluding tert-OH is 2. The Morgan fingerprint density at radius 3 is 2.12 bits per heavy atom. The second kappa shape index (κ2) is 11.3. The van der Waals surface area contributed by atoms with E-state index in [0.717, 1.165) is 12.8 Å². The summed E-state index contributed by atoms with van der Waals surface area (Å²) in [5.74, 6) is -1.65. The van der Waals surface area contributed by atoms with E-state index in [1.807, 2.05) is 18.2 Å². The van der Waals surface area contributed by atoms with Crippen molar-refractivity contribution in [2.45, 2.75) is 62.5 Å². The zero-order chi connectivity index (χ0) is 24.0. The van der Waals surface area contributed by atoms with Crippen LogP contribution in [-0.2, 0) is 20.7 Å². The molecule has 178 valence electrons. The van der Waals surface area contributed by atoms with Gasteiger partial charge in [-0.05, 0) is 56.0 Å².